The fourth-order valence-corrected chi connectivity index (χ4v) is 2.69. The lowest BCUT2D eigenvalue weighted by molar-refractivity contribution is -0.117. The van der Waals surface area contributed by atoms with Crippen molar-refractivity contribution in [2.45, 2.75) is 32.9 Å². The quantitative estimate of drug-likeness (QED) is 0.806. The van der Waals surface area contributed by atoms with Crippen LogP contribution in [0.25, 0.3) is 0 Å². The van der Waals surface area contributed by atoms with Gasteiger partial charge in [-0.25, -0.2) is 0 Å². The van der Waals surface area contributed by atoms with Crippen LogP contribution in [-0.4, -0.2) is 26.2 Å². The molecule has 0 aliphatic rings. The lowest BCUT2D eigenvalue weighted by atomic mass is 10.1. The number of hydrogen-bond donors (Lipinski definition) is 2. The topological polar surface area (TPSA) is 59.6 Å². The number of methoxy groups -OCH3 is 2. The van der Waals surface area contributed by atoms with Crippen molar-refractivity contribution in [3.8, 4) is 11.5 Å². The van der Waals surface area contributed by atoms with E-state index in [0.717, 1.165) is 28.3 Å². The van der Waals surface area contributed by atoms with E-state index in [4.69, 9.17) is 9.47 Å². The van der Waals surface area contributed by atoms with Crippen LogP contribution in [0.1, 0.15) is 31.0 Å². The maximum absolute atomic E-state index is 12.4. The van der Waals surface area contributed by atoms with E-state index < -0.39 is 0 Å². The molecule has 134 valence electrons. The van der Waals surface area contributed by atoms with Crippen LogP contribution in [0, 0.1) is 6.92 Å². The Bertz CT molecular complexity index is 731. The minimum atomic E-state index is -0.369. The molecule has 2 rings (SSSR count). The zero-order chi connectivity index (χ0) is 18.4. The van der Waals surface area contributed by atoms with Gasteiger partial charge in [0.05, 0.1) is 20.3 Å². The number of aryl methyl sites for hydroxylation is 1. The Kier molecular flexibility index (Phi) is 6.42. The number of benzene rings is 2. The molecule has 2 atom stereocenters. The Balaban J connectivity index is 2.06. The summed E-state index contributed by atoms with van der Waals surface area (Å²) in [6.45, 7) is 5.83. The lowest BCUT2D eigenvalue weighted by Gasteiger charge is -2.22. The smallest absolute Gasteiger partial charge is 0.241 e. The third-order valence-corrected chi connectivity index (χ3v) is 4.08. The molecular weight excluding hydrogens is 316 g/mol. The first-order chi connectivity index (χ1) is 11.9. The number of anilines is 1. The molecular formula is C20H26N2O3. The molecule has 0 radical (unpaired) electrons. The van der Waals surface area contributed by atoms with Crippen LogP contribution in [0.3, 0.4) is 0 Å². The molecule has 0 aromatic heterocycles. The molecule has 5 nitrogen and oxygen atoms in total. The van der Waals surface area contributed by atoms with Crippen LogP contribution in [0.15, 0.2) is 42.5 Å². The highest BCUT2D eigenvalue weighted by Crippen LogP contribution is 2.29. The monoisotopic (exact) mass is 342 g/mol. The van der Waals surface area contributed by atoms with Crippen LogP contribution in [0.2, 0.25) is 0 Å². The maximum atomic E-state index is 12.4. The molecule has 0 bridgehead atoms. The molecule has 2 unspecified atom stereocenters. The summed E-state index contributed by atoms with van der Waals surface area (Å²) in [6.07, 6.45) is 0. The summed E-state index contributed by atoms with van der Waals surface area (Å²) in [5.74, 6) is 1.42. The highest BCUT2D eigenvalue weighted by molar-refractivity contribution is 5.94. The Labute approximate surface area is 149 Å². The number of carbonyl (C=O) groups excluding carboxylic acids is 1. The number of amides is 1. The van der Waals surface area contributed by atoms with Gasteiger partial charge in [0.15, 0.2) is 0 Å². The predicted octanol–water partition coefficient (Wildman–Crippen LogP) is 3.69. The summed E-state index contributed by atoms with van der Waals surface area (Å²) in [4.78, 5) is 12.4. The molecule has 2 N–H and O–H groups in total. The van der Waals surface area contributed by atoms with Gasteiger partial charge in [-0.05, 0) is 56.7 Å². The first-order valence-corrected chi connectivity index (χ1v) is 8.30. The Morgan fingerprint density at radius 3 is 2.44 bits per heavy atom. The van der Waals surface area contributed by atoms with Crippen LogP contribution in [0.5, 0.6) is 11.5 Å². The second-order valence-electron chi connectivity index (χ2n) is 6.08. The second kappa shape index (κ2) is 8.53. The summed E-state index contributed by atoms with van der Waals surface area (Å²) in [6, 6.07) is 12.9. The Morgan fingerprint density at radius 2 is 1.80 bits per heavy atom. The second-order valence-corrected chi connectivity index (χ2v) is 6.08. The van der Waals surface area contributed by atoms with Gasteiger partial charge in [0.25, 0.3) is 0 Å². The van der Waals surface area contributed by atoms with Gasteiger partial charge in [-0.15, -0.1) is 0 Å². The van der Waals surface area contributed by atoms with E-state index >= 15 is 0 Å². The van der Waals surface area contributed by atoms with Crippen molar-refractivity contribution >= 4 is 11.6 Å². The van der Waals surface area contributed by atoms with Gasteiger partial charge in [0.1, 0.15) is 11.5 Å². The van der Waals surface area contributed by atoms with E-state index in [1.54, 1.807) is 14.2 Å². The molecule has 0 heterocycles. The molecule has 25 heavy (non-hydrogen) atoms. The minimum Gasteiger partial charge on any atom is -0.497 e. The van der Waals surface area contributed by atoms with E-state index in [-0.39, 0.29) is 18.0 Å². The van der Waals surface area contributed by atoms with Gasteiger partial charge in [-0.2, -0.15) is 0 Å². The summed E-state index contributed by atoms with van der Waals surface area (Å²) in [5, 5.41) is 6.24. The van der Waals surface area contributed by atoms with Crippen LogP contribution in [0.4, 0.5) is 5.69 Å². The number of nitrogens with one attached hydrogen (secondary N) is 2. The molecule has 2 aromatic rings. The summed E-state index contributed by atoms with van der Waals surface area (Å²) < 4.78 is 10.7. The van der Waals surface area contributed by atoms with E-state index in [0.29, 0.717) is 0 Å². The summed E-state index contributed by atoms with van der Waals surface area (Å²) in [7, 11) is 3.26. The van der Waals surface area contributed by atoms with Crippen LogP contribution in [-0.2, 0) is 4.79 Å². The maximum Gasteiger partial charge on any atom is 0.241 e. The Morgan fingerprint density at radius 1 is 1.04 bits per heavy atom. The van der Waals surface area contributed by atoms with Crippen molar-refractivity contribution in [3.05, 3.63) is 53.6 Å². The van der Waals surface area contributed by atoms with Crippen molar-refractivity contribution in [3.63, 3.8) is 0 Å². The first kappa shape index (κ1) is 18.8. The molecule has 0 fully saturated rings. The highest BCUT2D eigenvalue weighted by atomic mass is 16.5. The molecule has 1 amide bonds. The fourth-order valence-electron chi connectivity index (χ4n) is 2.69. The Hall–Kier alpha value is -2.53. The molecule has 0 aliphatic carbocycles. The van der Waals surface area contributed by atoms with Gasteiger partial charge in [0, 0.05) is 17.3 Å². The van der Waals surface area contributed by atoms with Crippen molar-refractivity contribution in [2.75, 3.05) is 19.5 Å². The van der Waals surface area contributed by atoms with Crippen LogP contribution >= 0.6 is 0 Å². The van der Waals surface area contributed by atoms with Gasteiger partial charge >= 0.3 is 0 Å². The number of ether oxygens (including phenoxy) is 2. The van der Waals surface area contributed by atoms with Crippen molar-refractivity contribution in [2.24, 2.45) is 0 Å². The van der Waals surface area contributed by atoms with Gasteiger partial charge in [-0.3, -0.25) is 10.1 Å². The van der Waals surface area contributed by atoms with Crippen molar-refractivity contribution in [1.29, 1.82) is 0 Å². The van der Waals surface area contributed by atoms with Gasteiger partial charge < -0.3 is 14.8 Å². The third kappa shape index (κ3) is 4.97. The average Bonchev–Trinajstić information content (AvgIpc) is 2.60. The van der Waals surface area contributed by atoms with E-state index in [9.17, 15) is 4.79 Å². The van der Waals surface area contributed by atoms with Crippen molar-refractivity contribution in [1.82, 2.24) is 5.32 Å². The normalized spacial score (nSPS) is 13.0. The number of carbonyl (C=O) groups is 1. The van der Waals surface area contributed by atoms with E-state index in [2.05, 4.69) is 10.6 Å². The van der Waals surface area contributed by atoms with Crippen molar-refractivity contribution < 1.29 is 14.3 Å². The highest BCUT2D eigenvalue weighted by Gasteiger charge is 2.19. The molecule has 0 aliphatic heterocycles. The summed E-state index contributed by atoms with van der Waals surface area (Å²) in [5.41, 5.74) is 2.84. The predicted molar refractivity (Wildman–Crippen MR) is 100 cm³/mol. The van der Waals surface area contributed by atoms with E-state index in [1.807, 2.05) is 63.2 Å². The fraction of sp³-hybridized carbons (Fsp3) is 0.350. The number of rotatable bonds is 7. The summed E-state index contributed by atoms with van der Waals surface area (Å²) >= 11 is 0. The van der Waals surface area contributed by atoms with Crippen LogP contribution < -0.4 is 20.1 Å². The average molecular weight is 342 g/mol. The van der Waals surface area contributed by atoms with E-state index in [1.165, 1.54) is 0 Å². The third-order valence-electron chi connectivity index (χ3n) is 4.08. The molecule has 5 heteroatoms. The van der Waals surface area contributed by atoms with Gasteiger partial charge in [0.2, 0.25) is 5.91 Å². The lowest BCUT2D eigenvalue weighted by Crippen LogP contribution is -2.39. The molecule has 0 saturated heterocycles. The number of hydrogen-bond acceptors (Lipinski definition) is 4. The standard InChI is InChI=1S/C20H26N2O3/c1-13-7-6-8-16(11-13)22-20(23)15(3)21-14(2)18-12-17(24-4)9-10-19(18)25-5/h6-12,14-15,21H,1-5H3,(H,22,23). The largest absolute Gasteiger partial charge is 0.497 e. The zero-order valence-electron chi connectivity index (χ0n) is 15.4. The first-order valence-electron chi connectivity index (χ1n) is 8.30. The molecule has 2 aromatic carbocycles. The molecule has 0 spiro atoms. The zero-order valence-corrected chi connectivity index (χ0v) is 15.4. The molecule has 0 saturated carbocycles. The minimum absolute atomic E-state index is 0.0803. The van der Waals surface area contributed by atoms with Gasteiger partial charge in [-0.1, -0.05) is 12.1 Å². The SMILES string of the molecule is COc1ccc(OC)c(C(C)NC(C)C(=O)Nc2cccc(C)c2)c1.